The van der Waals surface area contributed by atoms with Gasteiger partial charge in [0.25, 0.3) is 0 Å². The van der Waals surface area contributed by atoms with E-state index in [9.17, 15) is 0 Å². The molecule has 66 heavy (non-hydrogen) atoms. The minimum absolute atomic E-state index is 0.698. The van der Waals surface area contributed by atoms with Gasteiger partial charge in [-0.15, -0.1) is 0 Å². The molecule has 1 spiro atoms. The van der Waals surface area contributed by atoms with Crippen LogP contribution >= 0.6 is 0 Å². The summed E-state index contributed by atoms with van der Waals surface area (Å²) in [5.41, 5.74) is 20.1. The van der Waals surface area contributed by atoms with Gasteiger partial charge in [-0.25, -0.2) is 0 Å². The number of fused-ring (bicyclic) bond motifs is 12. The lowest BCUT2D eigenvalue weighted by Gasteiger charge is -2.31. The van der Waals surface area contributed by atoms with E-state index in [1.54, 1.807) is 0 Å². The van der Waals surface area contributed by atoms with Gasteiger partial charge in [0.1, 0.15) is 16.8 Å². The molecule has 0 amide bonds. The number of hydrogen-bond donors (Lipinski definition) is 0. The van der Waals surface area contributed by atoms with Crippen molar-refractivity contribution < 1.29 is 4.42 Å². The minimum Gasteiger partial charge on any atom is -0.459 e. The van der Waals surface area contributed by atoms with Crippen LogP contribution < -0.4 is 9.80 Å². The second kappa shape index (κ2) is 15.3. The van der Waals surface area contributed by atoms with Crippen LogP contribution in [0.3, 0.4) is 0 Å². The molecule has 0 saturated heterocycles. The maximum absolute atomic E-state index is 7.20. The SMILES string of the molecule is c1ccc(-c2ccc(N(c3ccccc3)c3ccc(-c4ccc5c(c4)C4(c6ccccc6-5)c5cc(N(c6ccccc6)c6ccccc6)ccc5-c5c4oc4ccccc54)cc3)cc2)cc1. The first-order valence-electron chi connectivity index (χ1n) is 22.7. The van der Waals surface area contributed by atoms with Gasteiger partial charge in [-0.1, -0.05) is 170 Å². The number of hydrogen-bond acceptors (Lipinski definition) is 3. The molecule has 10 aromatic carbocycles. The van der Waals surface area contributed by atoms with E-state index in [2.05, 4.69) is 265 Å². The number of anilines is 6. The molecule has 0 saturated carbocycles. The maximum atomic E-state index is 7.20. The standard InChI is InChI=1S/C63H42N2O/c1-5-17-43(18-6-1)44-29-34-50(35-30-44)64(47-19-7-2-8-20-47)51-36-31-45(32-37-51)46-33-39-54-53-25-13-15-27-57(53)63(58(54)41-46)59-42-52(65(48-21-9-3-10-22-48)49-23-11-4-12-24-49)38-40-55(59)61-56-26-14-16-28-60(56)66-62(61)63/h1-42H. The largest absolute Gasteiger partial charge is 0.459 e. The summed E-state index contributed by atoms with van der Waals surface area (Å²) in [7, 11) is 0. The summed E-state index contributed by atoms with van der Waals surface area (Å²) >= 11 is 0. The van der Waals surface area contributed by atoms with E-state index in [-0.39, 0.29) is 0 Å². The van der Waals surface area contributed by atoms with E-state index >= 15 is 0 Å². The van der Waals surface area contributed by atoms with E-state index in [1.807, 2.05) is 0 Å². The number of nitrogens with zero attached hydrogens (tertiary/aromatic N) is 2. The maximum Gasteiger partial charge on any atom is 0.135 e. The molecular formula is C63H42N2O. The van der Waals surface area contributed by atoms with Crippen molar-refractivity contribution in [3.8, 4) is 44.5 Å². The fourth-order valence-corrected chi connectivity index (χ4v) is 10.8. The molecule has 0 N–H and O–H groups in total. The molecule has 0 aliphatic heterocycles. The zero-order valence-corrected chi connectivity index (χ0v) is 36.1. The van der Waals surface area contributed by atoms with Crippen molar-refractivity contribution in [2.75, 3.05) is 9.80 Å². The number of benzene rings is 10. The lowest BCUT2D eigenvalue weighted by Crippen LogP contribution is -2.26. The van der Waals surface area contributed by atoms with Crippen LogP contribution in [0.2, 0.25) is 0 Å². The van der Waals surface area contributed by atoms with Crippen LogP contribution in [0, 0.1) is 0 Å². The molecule has 1 atom stereocenters. The molecule has 3 nitrogen and oxygen atoms in total. The fourth-order valence-electron chi connectivity index (χ4n) is 10.8. The third-order valence-corrected chi connectivity index (χ3v) is 13.7. The van der Waals surface area contributed by atoms with Gasteiger partial charge in [0.15, 0.2) is 0 Å². The van der Waals surface area contributed by atoms with Crippen molar-refractivity contribution in [3.05, 3.63) is 277 Å². The van der Waals surface area contributed by atoms with Crippen LogP contribution in [0.5, 0.6) is 0 Å². The molecule has 2 aliphatic rings. The zero-order valence-electron chi connectivity index (χ0n) is 36.1. The molecule has 1 heterocycles. The third-order valence-electron chi connectivity index (χ3n) is 13.7. The highest BCUT2D eigenvalue weighted by Gasteiger charge is 2.55. The Labute approximate surface area is 384 Å². The van der Waals surface area contributed by atoms with Crippen molar-refractivity contribution in [1.29, 1.82) is 0 Å². The molecule has 310 valence electrons. The quantitative estimate of drug-likeness (QED) is 0.152. The summed E-state index contributed by atoms with van der Waals surface area (Å²) < 4.78 is 7.20. The number of rotatable bonds is 8. The van der Waals surface area contributed by atoms with E-state index < -0.39 is 5.41 Å². The monoisotopic (exact) mass is 842 g/mol. The predicted octanol–water partition coefficient (Wildman–Crippen LogP) is 17.0. The third kappa shape index (κ3) is 5.84. The highest BCUT2D eigenvalue weighted by Crippen LogP contribution is 2.65. The van der Waals surface area contributed by atoms with Gasteiger partial charge in [0, 0.05) is 45.1 Å². The van der Waals surface area contributed by atoms with E-state index in [0.717, 1.165) is 62.0 Å². The Kier molecular flexibility index (Phi) is 8.75. The zero-order chi connectivity index (χ0) is 43.6. The average Bonchev–Trinajstić information content (AvgIpc) is 4.02. The van der Waals surface area contributed by atoms with Gasteiger partial charge in [-0.3, -0.25) is 0 Å². The Hall–Kier alpha value is -8.66. The first-order valence-corrected chi connectivity index (χ1v) is 22.7. The summed E-state index contributed by atoms with van der Waals surface area (Å²) in [4.78, 5) is 4.69. The molecule has 0 bridgehead atoms. The van der Waals surface area contributed by atoms with Crippen LogP contribution in [0.25, 0.3) is 55.5 Å². The highest BCUT2D eigenvalue weighted by atomic mass is 16.3. The molecule has 1 unspecified atom stereocenters. The lowest BCUT2D eigenvalue weighted by molar-refractivity contribution is 0.507. The normalized spacial score (nSPS) is 14.1. The molecule has 11 aromatic rings. The molecule has 3 heteroatoms. The summed E-state index contributed by atoms with van der Waals surface area (Å²) in [6.45, 7) is 0. The second-order valence-corrected chi connectivity index (χ2v) is 17.2. The van der Waals surface area contributed by atoms with Crippen molar-refractivity contribution in [2.24, 2.45) is 0 Å². The van der Waals surface area contributed by atoms with Crippen LogP contribution in [0.1, 0.15) is 22.5 Å². The van der Waals surface area contributed by atoms with Crippen molar-refractivity contribution in [3.63, 3.8) is 0 Å². The van der Waals surface area contributed by atoms with Gasteiger partial charge < -0.3 is 14.2 Å². The Balaban J connectivity index is 0.973. The summed E-state index contributed by atoms with van der Waals surface area (Å²) in [5.74, 6) is 0.984. The van der Waals surface area contributed by atoms with Crippen molar-refractivity contribution in [1.82, 2.24) is 0 Å². The van der Waals surface area contributed by atoms with Gasteiger partial charge >= 0.3 is 0 Å². The van der Waals surface area contributed by atoms with E-state index in [1.165, 1.54) is 50.1 Å². The average molecular weight is 843 g/mol. The number of furan rings is 1. The molecule has 2 aliphatic carbocycles. The van der Waals surface area contributed by atoms with Gasteiger partial charge in [-0.05, 0) is 141 Å². The van der Waals surface area contributed by atoms with Gasteiger partial charge in [-0.2, -0.15) is 0 Å². The second-order valence-electron chi connectivity index (χ2n) is 17.2. The summed E-state index contributed by atoms with van der Waals surface area (Å²) in [6, 6.07) is 92.0. The van der Waals surface area contributed by atoms with E-state index in [4.69, 9.17) is 4.42 Å². The van der Waals surface area contributed by atoms with Crippen molar-refractivity contribution in [2.45, 2.75) is 5.41 Å². The summed E-state index contributed by atoms with van der Waals surface area (Å²) in [6.07, 6.45) is 0. The molecular weight excluding hydrogens is 801 g/mol. The van der Waals surface area contributed by atoms with Crippen LogP contribution in [0.15, 0.2) is 259 Å². The molecule has 1 aromatic heterocycles. The topological polar surface area (TPSA) is 19.6 Å². The Bertz CT molecular complexity index is 3520. The highest BCUT2D eigenvalue weighted by molar-refractivity contribution is 6.05. The van der Waals surface area contributed by atoms with Crippen LogP contribution in [0.4, 0.5) is 34.1 Å². The Morgan fingerprint density at radius 3 is 1.35 bits per heavy atom. The van der Waals surface area contributed by atoms with Crippen LogP contribution in [-0.4, -0.2) is 0 Å². The molecule has 0 fully saturated rings. The van der Waals surface area contributed by atoms with Gasteiger partial charge in [0.2, 0.25) is 0 Å². The van der Waals surface area contributed by atoms with Gasteiger partial charge in [0.05, 0.1) is 0 Å². The van der Waals surface area contributed by atoms with Crippen LogP contribution in [-0.2, 0) is 5.41 Å². The van der Waals surface area contributed by atoms with E-state index in [0.29, 0.717) is 0 Å². The fraction of sp³-hybridized carbons (Fsp3) is 0.0159. The minimum atomic E-state index is -0.698. The molecule has 13 rings (SSSR count). The lowest BCUT2D eigenvalue weighted by atomic mass is 9.72. The first kappa shape index (κ1) is 37.9. The Morgan fingerprint density at radius 1 is 0.288 bits per heavy atom. The number of para-hydroxylation sites is 4. The molecule has 0 radical (unpaired) electrons. The van der Waals surface area contributed by atoms with Crippen molar-refractivity contribution >= 4 is 45.1 Å². The smallest absolute Gasteiger partial charge is 0.135 e. The Morgan fingerprint density at radius 2 is 0.712 bits per heavy atom. The first-order chi connectivity index (χ1) is 32.7. The summed E-state index contributed by atoms with van der Waals surface area (Å²) in [5, 5.41) is 1.14. The predicted molar refractivity (Wildman–Crippen MR) is 273 cm³/mol.